The van der Waals surface area contributed by atoms with Crippen molar-refractivity contribution in [1.29, 1.82) is 0 Å². The van der Waals surface area contributed by atoms with Crippen molar-refractivity contribution in [3.63, 3.8) is 0 Å². The Labute approximate surface area is 98.9 Å². The van der Waals surface area contributed by atoms with E-state index in [1.54, 1.807) is 0 Å². The summed E-state index contributed by atoms with van der Waals surface area (Å²) in [6.07, 6.45) is 0.752. The third-order valence-electron chi connectivity index (χ3n) is 2.25. The SMILES string of the molecule is CC(=O)NC1=NN(c2ccc(Cl)cc2)CC1. The van der Waals surface area contributed by atoms with E-state index in [0.29, 0.717) is 10.9 Å². The zero-order valence-electron chi connectivity index (χ0n) is 8.90. The first-order valence-electron chi connectivity index (χ1n) is 5.03. The van der Waals surface area contributed by atoms with Crippen LogP contribution in [-0.2, 0) is 4.79 Å². The third-order valence-corrected chi connectivity index (χ3v) is 2.50. The Morgan fingerprint density at radius 2 is 2.12 bits per heavy atom. The average Bonchev–Trinajstić information content (AvgIpc) is 2.66. The number of benzene rings is 1. The van der Waals surface area contributed by atoms with Gasteiger partial charge < -0.3 is 5.32 Å². The van der Waals surface area contributed by atoms with Gasteiger partial charge in [0.25, 0.3) is 0 Å². The molecule has 0 radical (unpaired) electrons. The monoisotopic (exact) mass is 237 g/mol. The molecular formula is C11H12ClN3O. The van der Waals surface area contributed by atoms with Gasteiger partial charge in [-0.05, 0) is 24.3 Å². The molecule has 5 heteroatoms. The molecule has 1 aromatic rings. The van der Waals surface area contributed by atoms with Gasteiger partial charge in [-0.15, -0.1) is 0 Å². The molecule has 1 aliphatic heterocycles. The highest BCUT2D eigenvalue weighted by atomic mass is 35.5. The largest absolute Gasteiger partial charge is 0.313 e. The van der Waals surface area contributed by atoms with Gasteiger partial charge in [0, 0.05) is 24.9 Å². The number of hydrazone groups is 1. The molecular weight excluding hydrogens is 226 g/mol. The van der Waals surface area contributed by atoms with Gasteiger partial charge in [0.2, 0.25) is 5.91 Å². The Morgan fingerprint density at radius 3 is 2.75 bits per heavy atom. The Kier molecular flexibility index (Phi) is 3.10. The molecule has 0 saturated carbocycles. The van der Waals surface area contributed by atoms with Gasteiger partial charge in [0.05, 0.1) is 5.69 Å². The van der Waals surface area contributed by atoms with E-state index >= 15 is 0 Å². The minimum Gasteiger partial charge on any atom is -0.313 e. The topological polar surface area (TPSA) is 44.7 Å². The summed E-state index contributed by atoms with van der Waals surface area (Å²) in [4.78, 5) is 10.9. The van der Waals surface area contributed by atoms with Gasteiger partial charge in [-0.3, -0.25) is 9.80 Å². The molecule has 16 heavy (non-hydrogen) atoms. The van der Waals surface area contributed by atoms with Crippen LogP contribution in [0.1, 0.15) is 13.3 Å². The fourth-order valence-electron chi connectivity index (χ4n) is 1.55. The van der Waals surface area contributed by atoms with E-state index in [1.165, 1.54) is 6.92 Å². The van der Waals surface area contributed by atoms with E-state index in [9.17, 15) is 4.79 Å². The molecule has 0 fully saturated rings. The number of rotatable bonds is 1. The van der Waals surface area contributed by atoms with Crippen molar-refractivity contribution < 1.29 is 4.79 Å². The summed E-state index contributed by atoms with van der Waals surface area (Å²) in [6, 6.07) is 7.46. The minimum atomic E-state index is -0.0864. The standard InChI is InChI=1S/C11H12ClN3O/c1-8(16)13-11-6-7-15(14-11)10-4-2-9(12)3-5-10/h2-5H,6-7H2,1H3,(H,13,14,16). The summed E-state index contributed by atoms with van der Waals surface area (Å²) >= 11 is 5.80. The zero-order chi connectivity index (χ0) is 11.5. The fraction of sp³-hybridized carbons (Fsp3) is 0.273. The van der Waals surface area contributed by atoms with E-state index < -0.39 is 0 Å². The molecule has 0 saturated heterocycles. The Balaban J connectivity index is 2.10. The second-order valence-electron chi connectivity index (χ2n) is 3.58. The van der Waals surface area contributed by atoms with Crippen LogP contribution in [0.25, 0.3) is 0 Å². The molecule has 1 aliphatic rings. The van der Waals surface area contributed by atoms with Crippen LogP contribution in [0.3, 0.4) is 0 Å². The van der Waals surface area contributed by atoms with Gasteiger partial charge >= 0.3 is 0 Å². The number of nitrogens with one attached hydrogen (secondary N) is 1. The van der Waals surface area contributed by atoms with E-state index in [4.69, 9.17) is 11.6 Å². The number of anilines is 1. The van der Waals surface area contributed by atoms with Crippen LogP contribution in [0.2, 0.25) is 5.02 Å². The smallest absolute Gasteiger partial charge is 0.222 e. The van der Waals surface area contributed by atoms with Gasteiger partial charge in [0.15, 0.2) is 0 Å². The number of hydrogen-bond acceptors (Lipinski definition) is 3. The molecule has 1 N–H and O–H groups in total. The Bertz CT molecular complexity index is 427. The molecule has 1 aromatic carbocycles. The highest BCUT2D eigenvalue weighted by molar-refractivity contribution is 6.30. The van der Waals surface area contributed by atoms with E-state index in [1.807, 2.05) is 29.3 Å². The van der Waals surface area contributed by atoms with Crippen molar-refractivity contribution in [1.82, 2.24) is 5.32 Å². The van der Waals surface area contributed by atoms with Crippen LogP contribution >= 0.6 is 11.6 Å². The van der Waals surface area contributed by atoms with Gasteiger partial charge in [-0.1, -0.05) is 11.6 Å². The Morgan fingerprint density at radius 1 is 1.44 bits per heavy atom. The van der Waals surface area contributed by atoms with Gasteiger partial charge in [0.1, 0.15) is 5.84 Å². The normalized spacial score (nSPS) is 14.9. The number of nitrogens with zero attached hydrogens (tertiary/aromatic N) is 2. The Hall–Kier alpha value is -1.55. The van der Waals surface area contributed by atoms with Crippen LogP contribution in [0.5, 0.6) is 0 Å². The maximum absolute atomic E-state index is 10.9. The molecule has 1 amide bonds. The highest BCUT2D eigenvalue weighted by Gasteiger charge is 2.16. The van der Waals surface area contributed by atoms with Crippen molar-refractivity contribution in [2.24, 2.45) is 5.10 Å². The second-order valence-corrected chi connectivity index (χ2v) is 4.01. The van der Waals surface area contributed by atoms with Crippen LogP contribution in [-0.4, -0.2) is 18.3 Å². The molecule has 0 aliphatic carbocycles. The highest BCUT2D eigenvalue weighted by Crippen LogP contribution is 2.20. The molecule has 1 heterocycles. The molecule has 0 unspecified atom stereocenters. The summed E-state index contributed by atoms with van der Waals surface area (Å²) in [7, 11) is 0. The number of amidine groups is 1. The number of hydrogen-bond donors (Lipinski definition) is 1. The van der Waals surface area contributed by atoms with Crippen molar-refractivity contribution in [3.8, 4) is 0 Å². The molecule has 0 aromatic heterocycles. The van der Waals surface area contributed by atoms with Crippen LogP contribution in [0, 0.1) is 0 Å². The number of amides is 1. The molecule has 84 valence electrons. The van der Waals surface area contributed by atoms with Crippen molar-refractivity contribution in [2.45, 2.75) is 13.3 Å². The van der Waals surface area contributed by atoms with Crippen LogP contribution in [0.4, 0.5) is 5.69 Å². The first-order chi connectivity index (χ1) is 7.65. The zero-order valence-corrected chi connectivity index (χ0v) is 9.66. The lowest BCUT2D eigenvalue weighted by Crippen LogP contribution is -2.26. The summed E-state index contributed by atoms with van der Waals surface area (Å²) in [6.45, 7) is 2.25. The van der Waals surface area contributed by atoms with E-state index in [2.05, 4.69) is 10.4 Å². The maximum atomic E-state index is 10.9. The molecule has 2 rings (SSSR count). The van der Waals surface area contributed by atoms with Crippen LogP contribution < -0.4 is 10.3 Å². The molecule has 4 nitrogen and oxygen atoms in total. The predicted molar refractivity (Wildman–Crippen MR) is 64.7 cm³/mol. The molecule has 0 atom stereocenters. The summed E-state index contributed by atoms with van der Waals surface area (Å²) in [5.41, 5.74) is 0.977. The van der Waals surface area contributed by atoms with E-state index in [-0.39, 0.29) is 5.91 Å². The summed E-state index contributed by atoms with van der Waals surface area (Å²) in [5.74, 6) is 0.624. The number of carbonyl (C=O) groups is 1. The predicted octanol–water partition coefficient (Wildman–Crippen LogP) is 2.00. The summed E-state index contributed by atoms with van der Waals surface area (Å²) in [5, 5.41) is 9.55. The average molecular weight is 238 g/mol. The fourth-order valence-corrected chi connectivity index (χ4v) is 1.67. The van der Waals surface area contributed by atoms with Crippen LogP contribution in [0.15, 0.2) is 29.4 Å². The lowest BCUT2D eigenvalue weighted by molar-refractivity contribution is -0.117. The summed E-state index contributed by atoms with van der Waals surface area (Å²) < 4.78 is 0. The number of carbonyl (C=O) groups excluding carboxylic acids is 1. The van der Waals surface area contributed by atoms with Crippen molar-refractivity contribution in [2.75, 3.05) is 11.6 Å². The lowest BCUT2D eigenvalue weighted by Gasteiger charge is -2.12. The first-order valence-corrected chi connectivity index (χ1v) is 5.41. The van der Waals surface area contributed by atoms with Crippen molar-refractivity contribution in [3.05, 3.63) is 29.3 Å². The lowest BCUT2D eigenvalue weighted by atomic mass is 10.3. The first kappa shape index (κ1) is 11.0. The quantitative estimate of drug-likeness (QED) is 0.812. The van der Waals surface area contributed by atoms with Gasteiger partial charge in [-0.25, -0.2) is 0 Å². The van der Waals surface area contributed by atoms with Gasteiger partial charge in [-0.2, -0.15) is 5.10 Å². The maximum Gasteiger partial charge on any atom is 0.222 e. The second kappa shape index (κ2) is 4.53. The van der Waals surface area contributed by atoms with Crippen molar-refractivity contribution >= 4 is 29.0 Å². The molecule has 0 bridgehead atoms. The third kappa shape index (κ3) is 2.52. The van der Waals surface area contributed by atoms with E-state index in [0.717, 1.165) is 18.7 Å². The minimum absolute atomic E-state index is 0.0864. The number of halogens is 1. The molecule has 0 spiro atoms.